The van der Waals surface area contributed by atoms with Gasteiger partial charge in [0.2, 0.25) is 0 Å². The van der Waals surface area contributed by atoms with Crippen LogP contribution in [0.5, 0.6) is 5.75 Å². The third-order valence-electron chi connectivity index (χ3n) is 3.59. The number of carboxylic acid groups (broad SMARTS) is 1. The summed E-state index contributed by atoms with van der Waals surface area (Å²) in [5.41, 5.74) is 1.61. The summed E-state index contributed by atoms with van der Waals surface area (Å²) in [7, 11) is 0. The number of carboxylic acids is 1. The lowest BCUT2D eigenvalue weighted by Crippen LogP contribution is -2.26. The number of fused-ring (bicyclic) bond motifs is 1. The van der Waals surface area contributed by atoms with Gasteiger partial charge in [-0.3, -0.25) is 0 Å². The van der Waals surface area contributed by atoms with Crippen molar-refractivity contribution in [2.75, 3.05) is 0 Å². The molecular weight excluding hydrogens is 353 g/mol. The second kappa shape index (κ2) is 6.71. The van der Waals surface area contributed by atoms with E-state index in [1.807, 2.05) is 18.2 Å². The second-order valence-electron chi connectivity index (χ2n) is 5.12. The Bertz CT molecular complexity index is 907. The van der Waals surface area contributed by atoms with Crippen molar-refractivity contribution >= 4 is 40.1 Å². The maximum Gasteiger partial charge on any atom is 0.344 e. The number of aromatic nitrogens is 1. The molecule has 3 aromatic rings. The number of hydrogen-bond acceptors (Lipinski definition) is 4. The summed E-state index contributed by atoms with van der Waals surface area (Å²) in [6, 6.07) is 10.6. The Labute approximate surface area is 147 Å². The highest BCUT2D eigenvalue weighted by molar-refractivity contribution is 6.37. The molecule has 0 saturated heterocycles. The highest BCUT2D eigenvalue weighted by Gasteiger charge is 2.22. The number of rotatable bonds is 5. The van der Waals surface area contributed by atoms with Gasteiger partial charge in [0.05, 0.1) is 10.4 Å². The lowest BCUT2D eigenvalue weighted by Gasteiger charge is -2.14. The standard InChI is InChI=1S/C17H13Cl2NO4/c1-2-12(17(21)22)23-13-8-7-10-15(20-24-16(10)14(13)19)9-5-3-4-6-11(9)18/h3-8,12H,2H2,1H3,(H,21,22). The van der Waals surface area contributed by atoms with Crippen molar-refractivity contribution in [2.45, 2.75) is 19.4 Å². The molecule has 0 bridgehead atoms. The minimum Gasteiger partial charge on any atom is -0.479 e. The van der Waals surface area contributed by atoms with Gasteiger partial charge >= 0.3 is 5.97 Å². The lowest BCUT2D eigenvalue weighted by molar-refractivity contribution is -0.145. The van der Waals surface area contributed by atoms with E-state index in [4.69, 9.17) is 37.6 Å². The zero-order chi connectivity index (χ0) is 17.3. The first-order chi connectivity index (χ1) is 11.5. The summed E-state index contributed by atoms with van der Waals surface area (Å²) in [4.78, 5) is 11.1. The number of ether oxygens (including phenoxy) is 1. The van der Waals surface area contributed by atoms with Crippen LogP contribution in [0.15, 0.2) is 40.9 Å². The summed E-state index contributed by atoms with van der Waals surface area (Å²) >= 11 is 12.5. The molecule has 24 heavy (non-hydrogen) atoms. The van der Waals surface area contributed by atoms with Gasteiger partial charge in [0.15, 0.2) is 11.7 Å². The van der Waals surface area contributed by atoms with Gasteiger partial charge in [-0.15, -0.1) is 0 Å². The first-order valence-corrected chi connectivity index (χ1v) is 8.00. The van der Waals surface area contributed by atoms with Gasteiger partial charge in [-0.05, 0) is 24.6 Å². The van der Waals surface area contributed by atoms with Crippen molar-refractivity contribution in [1.82, 2.24) is 5.16 Å². The molecule has 1 heterocycles. The fraction of sp³-hybridized carbons (Fsp3) is 0.176. The number of aliphatic carboxylic acids is 1. The third kappa shape index (κ3) is 2.92. The summed E-state index contributed by atoms with van der Waals surface area (Å²) in [6.45, 7) is 1.72. The van der Waals surface area contributed by atoms with Crippen LogP contribution in [-0.4, -0.2) is 22.3 Å². The lowest BCUT2D eigenvalue weighted by atomic mass is 10.1. The molecular formula is C17H13Cl2NO4. The van der Waals surface area contributed by atoms with E-state index in [0.717, 1.165) is 5.56 Å². The predicted molar refractivity (Wildman–Crippen MR) is 91.8 cm³/mol. The molecule has 0 spiro atoms. The first kappa shape index (κ1) is 16.6. The van der Waals surface area contributed by atoms with E-state index in [0.29, 0.717) is 28.1 Å². The van der Waals surface area contributed by atoms with Crippen LogP contribution in [0.1, 0.15) is 13.3 Å². The smallest absolute Gasteiger partial charge is 0.344 e. The molecule has 0 fully saturated rings. The second-order valence-corrected chi connectivity index (χ2v) is 5.90. The van der Waals surface area contributed by atoms with Gasteiger partial charge in [0.1, 0.15) is 16.5 Å². The fourth-order valence-electron chi connectivity index (χ4n) is 2.35. The number of nitrogens with zero attached hydrogens (tertiary/aromatic N) is 1. The van der Waals surface area contributed by atoms with Crippen molar-refractivity contribution in [3.63, 3.8) is 0 Å². The average Bonchev–Trinajstić information content (AvgIpc) is 2.99. The monoisotopic (exact) mass is 365 g/mol. The molecule has 5 nitrogen and oxygen atoms in total. The molecule has 2 aromatic carbocycles. The topological polar surface area (TPSA) is 72.6 Å². The zero-order valence-corrected chi connectivity index (χ0v) is 14.1. The zero-order valence-electron chi connectivity index (χ0n) is 12.6. The summed E-state index contributed by atoms with van der Waals surface area (Å²) in [5.74, 6) is -0.816. The Balaban J connectivity index is 2.06. The van der Waals surface area contributed by atoms with Gasteiger partial charge in [0.25, 0.3) is 0 Å². The Morgan fingerprint density at radius 2 is 2.04 bits per heavy atom. The van der Waals surface area contributed by atoms with E-state index in [1.165, 1.54) is 0 Å². The molecule has 7 heteroatoms. The molecule has 0 aliphatic rings. The van der Waals surface area contributed by atoms with E-state index < -0.39 is 12.1 Å². The van der Waals surface area contributed by atoms with Gasteiger partial charge in [-0.25, -0.2) is 4.79 Å². The Morgan fingerprint density at radius 1 is 1.29 bits per heavy atom. The van der Waals surface area contributed by atoms with Crippen LogP contribution in [0.4, 0.5) is 0 Å². The van der Waals surface area contributed by atoms with Crippen LogP contribution in [0, 0.1) is 0 Å². The molecule has 0 amide bonds. The van der Waals surface area contributed by atoms with Gasteiger partial charge in [-0.1, -0.05) is 53.5 Å². The van der Waals surface area contributed by atoms with E-state index >= 15 is 0 Å². The molecule has 1 aromatic heterocycles. The van der Waals surface area contributed by atoms with Crippen LogP contribution in [-0.2, 0) is 4.79 Å². The summed E-state index contributed by atoms with van der Waals surface area (Å²) in [6.07, 6.45) is -0.670. The minimum absolute atomic E-state index is 0.179. The number of benzene rings is 2. The summed E-state index contributed by atoms with van der Waals surface area (Å²) < 4.78 is 10.8. The Hall–Kier alpha value is -2.24. The fourth-order valence-corrected chi connectivity index (χ4v) is 2.82. The van der Waals surface area contributed by atoms with Crippen molar-refractivity contribution in [2.24, 2.45) is 0 Å². The maximum atomic E-state index is 11.1. The van der Waals surface area contributed by atoms with E-state index in [1.54, 1.807) is 25.1 Å². The maximum absolute atomic E-state index is 11.1. The van der Waals surface area contributed by atoms with Crippen LogP contribution in [0.25, 0.3) is 22.2 Å². The highest BCUT2D eigenvalue weighted by Crippen LogP contribution is 2.39. The quantitative estimate of drug-likeness (QED) is 0.685. The number of hydrogen-bond donors (Lipinski definition) is 1. The van der Waals surface area contributed by atoms with E-state index in [9.17, 15) is 4.79 Å². The Kier molecular flexibility index (Phi) is 4.64. The minimum atomic E-state index is -1.05. The van der Waals surface area contributed by atoms with Crippen molar-refractivity contribution in [3.05, 3.63) is 46.4 Å². The molecule has 0 aliphatic heterocycles. The molecule has 0 saturated carbocycles. The SMILES string of the molecule is CCC(Oc1ccc2c(-c3ccccc3Cl)noc2c1Cl)C(=O)O. The molecule has 0 radical (unpaired) electrons. The molecule has 1 N–H and O–H groups in total. The third-order valence-corrected chi connectivity index (χ3v) is 4.28. The van der Waals surface area contributed by atoms with E-state index in [-0.39, 0.29) is 10.8 Å². The van der Waals surface area contributed by atoms with Crippen LogP contribution in [0.2, 0.25) is 10.0 Å². The normalized spacial score (nSPS) is 12.3. The average molecular weight is 366 g/mol. The van der Waals surface area contributed by atoms with Crippen LogP contribution >= 0.6 is 23.2 Å². The van der Waals surface area contributed by atoms with Gasteiger partial charge < -0.3 is 14.4 Å². The molecule has 0 aliphatic carbocycles. The van der Waals surface area contributed by atoms with Crippen LogP contribution in [0.3, 0.4) is 0 Å². The van der Waals surface area contributed by atoms with Crippen LogP contribution < -0.4 is 4.74 Å². The van der Waals surface area contributed by atoms with Gasteiger partial charge in [-0.2, -0.15) is 0 Å². The largest absolute Gasteiger partial charge is 0.479 e. The molecule has 1 atom stereocenters. The molecule has 124 valence electrons. The van der Waals surface area contributed by atoms with E-state index in [2.05, 4.69) is 5.16 Å². The number of halogens is 2. The van der Waals surface area contributed by atoms with Crippen molar-refractivity contribution < 1.29 is 19.2 Å². The number of carbonyl (C=O) groups is 1. The van der Waals surface area contributed by atoms with Crippen molar-refractivity contribution in [1.29, 1.82) is 0 Å². The Morgan fingerprint density at radius 3 is 2.71 bits per heavy atom. The first-order valence-electron chi connectivity index (χ1n) is 7.25. The predicted octanol–water partition coefficient (Wildman–Crippen LogP) is 5.04. The van der Waals surface area contributed by atoms with Crippen molar-refractivity contribution in [3.8, 4) is 17.0 Å². The molecule has 1 unspecified atom stereocenters. The molecule has 3 rings (SSSR count). The van der Waals surface area contributed by atoms with Gasteiger partial charge in [0, 0.05) is 5.56 Å². The summed E-state index contributed by atoms with van der Waals surface area (Å²) in [5, 5.41) is 14.5. The highest BCUT2D eigenvalue weighted by atomic mass is 35.5.